The first-order valence-electron chi connectivity index (χ1n) is 6.35. The molecule has 1 unspecified atom stereocenters. The molecule has 1 heterocycles. The van der Waals surface area contributed by atoms with Crippen LogP contribution in [0.3, 0.4) is 0 Å². The number of carbonyl (C=O) groups is 2. The average molecular weight is 236 g/mol. The van der Waals surface area contributed by atoms with Gasteiger partial charge in [-0.1, -0.05) is 19.1 Å². The third-order valence-corrected chi connectivity index (χ3v) is 3.92. The molecule has 1 N–H and O–H groups in total. The Morgan fingerprint density at radius 3 is 2.71 bits per heavy atom. The Balaban J connectivity index is 1.99. The zero-order chi connectivity index (χ0) is 12.5. The minimum Gasteiger partial charge on any atom is -0.325 e. The molecule has 0 spiro atoms. The van der Waals surface area contributed by atoms with Crippen molar-refractivity contribution >= 4 is 11.9 Å². The second-order valence-electron chi connectivity index (χ2n) is 5.08. The van der Waals surface area contributed by atoms with Crippen LogP contribution >= 0.6 is 0 Å². The Labute approximate surface area is 102 Å². The zero-order valence-corrected chi connectivity index (χ0v) is 10.5. The predicted molar refractivity (Wildman–Crippen MR) is 65.4 cm³/mol. The molecule has 3 amide bonds. The summed E-state index contributed by atoms with van der Waals surface area (Å²) in [6.45, 7) is 4.64. The van der Waals surface area contributed by atoms with Crippen molar-refractivity contribution in [3.63, 3.8) is 0 Å². The van der Waals surface area contributed by atoms with Crippen LogP contribution in [0.25, 0.3) is 0 Å². The first-order chi connectivity index (χ1) is 8.12. The maximum absolute atomic E-state index is 12.1. The smallest absolute Gasteiger partial charge is 0.324 e. The van der Waals surface area contributed by atoms with Gasteiger partial charge in [-0.25, -0.2) is 4.79 Å². The number of nitrogens with zero attached hydrogens (tertiary/aromatic N) is 1. The molecule has 0 aromatic heterocycles. The number of nitrogens with one attached hydrogen (secondary N) is 1. The quantitative estimate of drug-likeness (QED) is 0.587. The Hall–Kier alpha value is -1.32. The molecule has 1 saturated heterocycles. The molecule has 4 nitrogen and oxygen atoms in total. The Bertz CT molecular complexity index is 358. The van der Waals surface area contributed by atoms with Gasteiger partial charge >= 0.3 is 6.03 Å². The van der Waals surface area contributed by atoms with Crippen molar-refractivity contribution < 1.29 is 9.59 Å². The number of amides is 3. The van der Waals surface area contributed by atoms with Crippen LogP contribution in [-0.2, 0) is 4.79 Å². The van der Waals surface area contributed by atoms with E-state index in [0.717, 1.165) is 19.3 Å². The number of allylic oxidation sites excluding steroid dienone is 1. The summed E-state index contributed by atoms with van der Waals surface area (Å²) >= 11 is 0. The summed E-state index contributed by atoms with van der Waals surface area (Å²) in [5.74, 6) is -0.0622. The standard InChI is InChI=1S/C13H20N2O2/c1-3-5-6-10-11(16)15(12(17)14-10)9-13(4-2)7-8-13/h3,5,10H,4,6-9H2,1-2H3,(H,14,17)/b5-3+. The van der Waals surface area contributed by atoms with Crippen LogP contribution < -0.4 is 5.32 Å². The summed E-state index contributed by atoms with van der Waals surface area (Å²) in [5, 5.41) is 2.75. The molecule has 2 aliphatic rings. The van der Waals surface area contributed by atoms with Crippen molar-refractivity contribution in [2.45, 2.75) is 45.6 Å². The molecule has 2 rings (SSSR count). The summed E-state index contributed by atoms with van der Waals surface area (Å²) in [5.41, 5.74) is 0.225. The van der Waals surface area contributed by atoms with Crippen molar-refractivity contribution in [1.29, 1.82) is 0 Å². The Morgan fingerprint density at radius 2 is 2.18 bits per heavy atom. The number of imide groups is 1. The number of urea groups is 1. The number of carbonyl (C=O) groups excluding carboxylic acids is 2. The van der Waals surface area contributed by atoms with Crippen molar-refractivity contribution in [3.05, 3.63) is 12.2 Å². The monoisotopic (exact) mass is 236 g/mol. The molecule has 1 atom stereocenters. The van der Waals surface area contributed by atoms with Crippen molar-refractivity contribution in [2.75, 3.05) is 6.54 Å². The molecule has 2 fully saturated rings. The van der Waals surface area contributed by atoms with Crippen molar-refractivity contribution in [3.8, 4) is 0 Å². The van der Waals surface area contributed by atoms with Gasteiger partial charge in [-0.15, -0.1) is 0 Å². The van der Waals surface area contributed by atoms with Crippen molar-refractivity contribution in [2.24, 2.45) is 5.41 Å². The second kappa shape index (κ2) is 4.51. The molecular weight excluding hydrogens is 216 g/mol. The van der Waals surface area contributed by atoms with E-state index in [-0.39, 0.29) is 23.4 Å². The third-order valence-electron chi connectivity index (χ3n) is 3.92. The summed E-state index contributed by atoms with van der Waals surface area (Å²) in [7, 11) is 0. The predicted octanol–water partition coefficient (Wildman–Crippen LogP) is 2.06. The highest BCUT2D eigenvalue weighted by Gasteiger charge is 2.47. The molecule has 17 heavy (non-hydrogen) atoms. The molecule has 0 radical (unpaired) electrons. The number of hydrogen-bond acceptors (Lipinski definition) is 2. The first kappa shape index (κ1) is 12.1. The summed E-state index contributed by atoms with van der Waals surface area (Å²) in [6, 6.07) is -0.574. The Morgan fingerprint density at radius 1 is 1.47 bits per heavy atom. The zero-order valence-electron chi connectivity index (χ0n) is 10.5. The van der Waals surface area contributed by atoms with Gasteiger partial charge in [0, 0.05) is 6.54 Å². The molecule has 0 aromatic rings. The van der Waals surface area contributed by atoms with Gasteiger partial charge in [0.15, 0.2) is 0 Å². The number of rotatable bonds is 5. The van der Waals surface area contributed by atoms with Gasteiger partial charge in [0.05, 0.1) is 0 Å². The molecule has 94 valence electrons. The van der Waals surface area contributed by atoms with E-state index in [0.29, 0.717) is 13.0 Å². The van der Waals surface area contributed by atoms with Gasteiger partial charge in [0.2, 0.25) is 0 Å². The fourth-order valence-electron chi connectivity index (χ4n) is 2.29. The van der Waals surface area contributed by atoms with Crippen LogP contribution in [0.2, 0.25) is 0 Å². The van der Waals surface area contributed by atoms with Crippen LogP contribution in [0.15, 0.2) is 12.2 Å². The molecule has 1 saturated carbocycles. The van der Waals surface area contributed by atoms with Crippen molar-refractivity contribution in [1.82, 2.24) is 10.2 Å². The second-order valence-corrected chi connectivity index (χ2v) is 5.08. The van der Waals surface area contributed by atoms with E-state index in [1.807, 2.05) is 19.1 Å². The fraction of sp³-hybridized carbons (Fsp3) is 0.692. The maximum atomic E-state index is 12.1. The average Bonchev–Trinajstić information content (AvgIpc) is 3.05. The summed E-state index contributed by atoms with van der Waals surface area (Å²) in [4.78, 5) is 25.2. The van der Waals surface area contributed by atoms with Gasteiger partial charge in [-0.3, -0.25) is 9.69 Å². The lowest BCUT2D eigenvalue weighted by atomic mass is 10.0. The Kier molecular flexibility index (Phi) is 3.22. The highest BCUT2D eigenvalue weighted by Crippen LogP contribution is 2.49. The van der Waals surface area contributed by atoms with Gasteiger partial charge in [0.1, 0.15) is 6.04 Å². The normalized spacial score (nSPS) is 26.7. The van der Waals surface area contributed by atoms with Crippen LogP contribution in [0.4, 0.5) is 4.79 Å². The minimum absolute atomic E-state index is 0.0622. The van der Waals surface area contributed by atoms with E-state index < -0.39 is 0 Å². The lowest BCUT2D eigenvalue weighted by Crippen LogP contribution is -2.36. The van der Waals surface area contributed by atoms with E-state index in [9.17, 15) is 9.59 Å². The molecule has 0 aromatic carbocycles. The van der Waals surface area contributed by atoms with E-state index in [4.69, 9.17) is 0 Å². The van der Waals surface area contributed by atoms with E-state index in [1.165, 1.54) is 4.90 Å². The van der Waals surface area contributed by atoms with Crippen LogP contribution in [0, 0.1) is 5.41 Å². The minimum atomic E-state index is -0.355. The van der Waals surface area contributed by atoms with Gasteiger partial charge < -0.3 is 5.32 Å². The lowest BCUT2D eigenvalue weighted by molar-refractivity contribution is -0.128. The van der Waals surface area contributed by atoms with Crippen LogP contribution in [0.5, 0.6) is 0 Å². The molecule has 1 aliphatic heterocycles. The molecular formula is C13H20N2O2. The lowest BCUT2D eigenvalue weighted by Gasteiger charge is -2.19. The highest BCUT2D eigenvalue weighted by atomic mass is 16.2. The van der Waals surface area contributed by atoms with Gasteiger partial charge in [-0.2, -0.15) is 0 Å². The first-order valence-corrected chi connectivity index (χ1v) is 6.35. The topological polar surface area (TPSA) is 49.4 Å². The molecule has 1 aliphatic carbocycles. The largest absolute Gasteiger partial charge is 0.325 e. The van der Waals surface area contributed by atoms with Crippen LogP contribution in [-0.4, -0.2) is 29.4 Å². The van der Waals surface area contributed by atoms with E-state index in [1.54, 1.807) is 0 Å². The molecule has 0 bridgehead atoms. The third kappa shape index (κ3) is 2.35. The van der Waals surface area contributed by atoms with E-state index >= 15 is 0 Å². The maximum Gasteiger partial charge on any atom is 0.324 e. The number of hydrogen-bond donors (Lipinski definition) is 1. The van der Waals surface area contributed by atoms with Gasteiger partial charge in [-0.05, 0) is 38.0 Å². The summed E-state index contributed by atoms with van der Waals surface area (Å²) in [6.07, 6.45) is 7.73. The fourth-order valence-corrected chi connectivity index (χ4v) is 2.29. The summed E-state index contributed by atoms with van der Waals surface area (Å²) < 4.78 is 0. The molecule has 4 heteroatoms. The van der Waals surface area contributed by atoms with Crippen LogP contribution in [0.1, 0.15) is 39.5 Å². The van der Waals surface area contributed by atoms with E-state index in [2.05, 4.69) is 12.2 Å². The SMILES string of the molecule is C/C=C/CC1NC(=O)N(CC2(CC)CC2)C1=O. The highest BCUT2D eigenvalue weighted by molar-refractivity contribution is 6.04. The van der Waals surface area contributed by atoms with Gasteiger partial charge in [0.25, 0.3) is 5.91 Å².